The first kappa shape index (κ1) is 18.4. The quantitative estimate of drug-likeness (QED) is 0.258. The van der Waals surface area contributed by atoms with Gasteiger partial charge in [0.05, 0.1) is 23.4 Å². The van der Waals surface area contributed by atoms with Crippen molar-refractivity contribution in [2.24, 2.45) is 0 Å². The zero-order valence-electron chi connectivity index (χ0n) is 15.7. The summed E-state index contributed by atoms with van der Waals surface area (Å²) < 4.78 is 8.17. The number of aldehydes is 1. The molecule has 0 aliphatic heterocycles. The minimum Gasteiger partial charge on any atom is -0.394 e. The molecular formula is C19H21N3O6. The number of hydrogen-bond donors (Lipinski definition) is 7. The molecule has 2 heterocycles. The van der Waals surface area contributed by atoms with Crippen molar-refractivity contribution in [2.75, 3.05) is 11.9 Å². The summed E-state index contributed by atoms with van der Waals surface area (Å²) in [6.07, 6.45) is -3.36. The largest absolute Gasteiger partial charge is 0.394 e. The van der Waals surface area contributed by atoms with Crippen LogP contribution in [0.4, 0.5) is 5.69 Å². The Hall–Kier alpha value is -2.98. The molecule has 9 heteroatoms. The molecule has 0 saturated carbocycles. The van der Waals surface area contributed by atoms with Gasteiger partial charge in [0.15, 0.2) is 1.41 Å². The smallest absolute Gasteiger partial charge is 0.257 e. The predicted molar refractivity (Wildman–Crippen MR) is 103 cm³/mol. The average molecular weight is 388 g/mol. The maximum absolute atomic E-state index is 12.4. The number of aromatic nitrogens is 2. The highest BCUT2D eigenvalue weighted by molar-refractivity contribution is 5.86. The fraction of sp³-hybridized carbons (Fsp3) is 0.263. The topological polar surface area (TPSA) is 159 Å². The van der Waals surface area contributed by atoms with Crippen molar-refractivity contribution < 1.29 is 26.6 Å². The molecule has 0 amide bonds. The van der Waals surface area contributed by atoms with Crippen LogP contribution in [0.2, 0.25) is 1.41 Å². The third kappa shape index (κ3) is 3.97. The lowest BCUT2D eigenvalue weighted by Gasteiger charge is -2.26. The molecule has 0 fully saturated rings. The zero-order chi connectivity index (χ0) is 21.1. The molecule has 0 aliphatic rings. The lowest BCUT2D eigenvalue weighted by molar-refractivity contribution is -0.117. The van der Waals surface area contributed by atoms with Crippen molar-refractivity contribution >= 4 is 22.9 Å². The molecule has 3 aromatic rings. The summed E-state index contributed by atoms with van der Waals surface area (Å²) in [7, 11) is 0. The number of anilines is 1. The van der Waals surface area contributed by atoms with Crippen LogP contribution in [0.15, 0.2) is 47.4 Å². The first-order valence-corrected chi connectivity index (χ1v) is 8.56. The number of aromatic amines is 2. The fourth-order valence-electron chi connectivity index (χ4n) is 2.86. The standard InChI is InChI=1S/C19H21N3O6/c23-8-15(17(26)18(27)16(25)9-24)21-11-4-3-10-6-12(13-2-1-5-20-13)19(28)22-14(10)7-11/h1-8,15-18,20-21,24-27H,9H2,(H,22,28)/t15-,16+,17+,18+/m0/s1/i/hD. The molecule has 148 valence electrons. The van der Waals surface area contributed by atoms with Gasteiger partial charge in [0.2, 0.25) is 0 Å². The van der Waals surface area contributed by atoms with E-state index in [0.717, 1.165) is 0 Å². The van der Waals surface area contributed by atoms with Crippen LogP contribution in [0.3, 0.4) is 0 Å². The van der Waals surface area contributed by atoms with Crippen molar-refractivity contribution in [1.82, 2.24) is 9.97 Å². The predicted octanol–water partition coefficient (Wildman–Crippen LogP) is -0.422. The van der Waals surface area contributed by atoms with Crippen LogP contribution in [0.1, 0.15) is 0 Å². The van der Waals surface area contributed by atoms with Gasteiger partial charge in [0.1, 0.15) is 30.6 Å². The number of carbonyl (C=O) groups excluding carboxylic acids is 1. The fourth-order valence-corrected chi connectivity index (χ4v) is 2.86. The highest BCUT2D eigenvalue weighted by Gasteiger charge is 2.31. The van der Waals surface area contributed by atoms with E-state index in [9.17, 15) is 24.9 Å². The molecular weight excluding hydrogens is 366 g/mol. The van der Waals surface area contributed by atoms with Gasteiger partial charge in [0.25, 0.3) is 5.56 Å². The highest BCUT2D eigenvalue weighted by atomic mass is 16.4. The van der Waals surface area contributed by atoms with Crippen molar-refractivity contribution in [3.05, 3.63) is 52.9 Å². The molecule has 0 unspecified atom stereocenters. The van der Waals surface area contributed by atoms with Crippen LogP contribution in [0.5, 0.6) is 0 Å². The van der Waals surface area contributed by atoms with Crippen LogP contribution < -0.4 is 10.9 Å². The summed E-state index contributed by atoms with van der Waals surface area (Å²) in [6, 6.07) is 8.32. The van der Waals surface area contributed by atoms with Crippen molar-refractivity contribution in [3.63, 3.8) is 0 Å². The first-order valence-electron chi connectivity index (χ1n) is 9.01. The van der Waals surface area contributed by atoms with E-state index in [0.29, 0.717) is 27.5 Å². The lowest BCUT2D eigenvalue weighted by atomic mass is 10.0. The monoisotopic (exact) mass is 388 g/mol. The second-order valence-electron chi connectivity index (χ2n) is 6.35. The summed E-state index contributed by atoms with van der Waals surface area (Å²) in [5.41, 5.74) is 1.33. The Bertz CT molecular complexity index is 1040. The molecule has 0 saturated heterocycles. The van der Waals surface area contributed by atoms with E-state index < -0.39 is 31.0 Å². The second kappa shape index (κ2) is 8.36. The Balaban J connectivity index is 1.93. The Morgan fingerprint density at radius 3 is 2.61 bits per heavy atom. The van der Waals surface area contributed by atoms with E-state index >= 15 is 0 Å². The van der Waals surface area contributed by atoms with Gasteiger partial charge in [-0.05, 0) is 35.7 Å². The van der Waals surface area contributed by atoms with E-state index in [1.54, 1.807) is 30.5 Å². The number of benzene rings is 1. The second-order valence-corrected chi connectivity index (χ2v) is 6.35. The van der Waals surface area contributed by atoms with Crippen molar-refractivity contribution in [1.29, 1.82) is 0 Å². The number of hydrogen-bond acceptors (Lipinski definition) is 7. The summed E-state index contributed by atoms with van der Waals surface area (Å²) in [6.45, 7) is -0.817. The number of rotatable bonds is 8. The molecule has 0 spiro atoms. The van der Waals surface area contributed by atoms with Gasteiger partial charge in [-0.3, -0.25) is 4.79 Å². The minimum atomic E-state index is -1.83. The lowest BCUT2D eigenvalue weighted by Crippen LogP contribution is -2.49. The first-order chi connectivity index (χ1) is 13.9. The number of aliphatic hydroxyl groups excluding tert-OH is 4. The Morgan fingerprint density at radius 1 is 1.18 bits per heavy atom. The Morgan fingerprint density at radius 2 is 1.96 bits per heavy atom. The van der Waals surface area contributed by atoms with Crippen molar-refractivity contribution in [3.8, 4) is 11.3 Å². The van der Waals surface area contributed by atoms with Gasteiger partial charge in [-0.25, -0.2) is 0 Å². The van der Waals surface area contributed by atoms with Gasteiger partial charge >= 0.3 is 0 Å². The minimum absolute atomic E-state index is 0.169. The molecule has 7 N–H and O–H groups in total. The van der Waals surface area contributed by atoms with Crippen LogP contribution in [-0.4, -0.2) is 67.6 Å². The number of nitrogens with one attached hydrogen (secondary N) is 3. The molecule has 1 aromatic carbocycles. The number of aliphatic hydroxyl groups is 4. The van der Waals surface area contributed by atoms with Gasteiger partial charge in [-0.2, -0.15) is 0 Å². The summed E-state index contributed by atoms with van der Waals surface area (Å²) in [4.78, 5) is 29.5. The SMILES string of the molecule is [2H]N(c1ccc2cc(-c3ccc[nH]3)c(=O)[nH]c2c1)[C@@H](C=O)[C@@H](O)[C@H](O)[C@H](O)CO. The molecule has 0 radical (unpaired) electrons. The maximum atomic E-state index is 12.4. The Labute approximate surface area is 160 Å². The maximum Gasteiger partial charge on any atom is 0.257 e. The normalized spacial score (nSPS) is 16.2. The van der Waals surface area contributed by atoms with Crippen LogP contribution in [0, 0.1) is 0 Å². The molecule has 3 rings (SSSR count). The molecule has 0 aliphatic carbocycles. The highest BCUT2D eigenvalue weighted by Crippen LogP contribution is 2.22. The van der Waals surface area contributed by atoms with Gasteiger partial charge in [-0.15, -0.1) is 0 Å². The molecule has 2 aromatic heterocycles. The molecule has 9 nitrogen and oxygen atoms in total. The van der Waals surface area contributed by atoms with Gasteiger partial charge in [-0.1, -0.05) is 6.07 Å². The average Bonchev–Trinajstić information content (AvgIpc) is 3.26. The third-order valence-corrected chi connectivity index (χ3v) is 4.44. The van der Waals surface area contributed by atoms with Crippen LogP contribution in [-0.2, 0) is 4.79 Å². The van der Waals surface area contributed by atoms with Crippen molar-refractivity contribution in [2.45, 2.75) is 24.4 Å². The summed E-state index contributed by atoms with van der Waals surface area (Å²) in [5, 5.41) is 39.7. The molecule has 4 atom stereocenters. The van der Waals surface area contributed by atoms with Crippen LogP contribution in [0.25, 0.3) is 22.2 Å². The Kier molecular flexibility index (Phi) is 5.49. The molecule has 28 heavy (non-hydrogen) atoms. The van der Waals surface area contributed by atoms with Crippen LogP contribution >= 0.6 is 0 Å². The number of pyridine rings is 1. The number of H-pyrrole nitrogens is 2. The van der Waals surface area contributed by atoms with E-state index in [4.69, 9.17) is 6.52 Å². The van der Waals surface area contributed by atoms with E-state index in [1.165, 1.54) is 12.1 Å². The summed E-state index contributed by atoms with van der Waals surface area (Å²) in [5.74, 6) is 0. The molecule has 0 bridgehead atoms. The summed E-state index contributed by atoms with van der Waals surface area (Å²) >= 11 is 0. The third-order valence-electron chi connectivity index (χ3n) is 4.44. The number of fused-ring (bicyclic) bond motifs is 1. The van der Waals surface area contributed by atoms with Gasteiger partial charge in [0, 0.05) is 11.9 Å². The van der Waals surface area contributed by atoms with E-state index in [-0.39, 0.29) is 17.5 Å². The number of carbonyl (C=O) groups is 1. The van der Waals surface area contributed by atoms with Gasteiger partial charge < -0.3 is 40.5 Å². The van der Waals surface area contributed by atoms with E-state index in [1.807, 2.05) is 0 Å². The zero-order valence-corrected chi connectivity index (χ0v) is 14.7. The van der Waals surface area contributed by atoms with E-state index in [2.05, 4.69) is 9.97 Å².